The molecule has 3 aliphatic rings. The van der Waals surface area contributed by atoms with Gasteiger partial charge in [0.15, 0.2) is 5.78 Å². The molecule has 2 heterocycles. The highest BCUT2D eigenvalue weighted by atomic mass is 35.5. The number of anilines is 1. The Labute approximate surface area is 227 Å². The van der Waals surface area contributed by atoms with Crippen LogP contribution < -0.4 is 16.4 Å². The summed E-state index contributed by atoms with van der Waals surface area (Å²) < 4.78 is 15.8. The van der Waals surface area contributed by atoms with Crippen molar-refractivity contribution in [2.24, 2.45) is 17.1 Å². The minimum Gasteiger partial charge on any atom is -0.328 e. The van der Waals surface area contributed by atoms with Gasteiger partial charge in [0.05, 0.1) is 11.1 Å². The number of amides is 1. The number of carbonyl (C=O) groups excluding carboxylic acids is 2. The normalized spacial score (nSPS) is 31.1. The van der Waals surface area contributed by atoms with Crippen molar-refractivity contribution in [2.45, 2.75) is 82.3 Å². The van der Waals surface area contributed by atoms with Gasteiger partial charge < -0.3 is 16.4 Å². The Morgan fingerprint density at radius 3 is 2.62 bits per heavy atom. The summed E-state index contributed by atoms with van der Waals surface area (Å²) in [4.78, 5) is 28.1. The van der Waals surface area contributed by atoms with Gasteiger partial charge in [-0.3, -0.25) is 9.59 Å². The van der Waals surface area contributed by atoms with Gasteiger partial charge in [-0.15, -0.1) is 0 Å². The number of halogens is 3. The fourth-order valence-electron chi connectivity index (χ4n) is 6.91. The molecule has 8 heteroatoms. The number of carbonyl (C=O) groups is 2. The Kier molecular flexibility index (Phi) is 6.93. The highest BCUT2D eigenvalue weighted by molar-refractivity contribution is 6.31. The van der Waals surface area contributed by atoms with E-state index in [0.717, 1.165) is 24.8 Å². The van der Waals surface area contributed by atoms with Crippen LogP contribution in [0, 0.1) is 17.2 Å². The second-order valence-corrected chi connectivity index (χ2v) is 13.0. The predicted molar refractivity (Wildman–Crippen MR) is 146 cm³/mol. The average Bonchev–Trinajstić information content (AvgIpc) is 3.44. The van der Waals surface area contributed by atoms with Crippen LogP contribution in [-0.4, -0.2) is 29.8 Å². The van der Waals surface area contributed by atoms with E-state index >= 15 is 4.39 Å². The Bertz CT molecular complexity index is 1250. The molecule has 0 unspecified atom stereocenters. The topological polar surface area (TPSA) is 84.2 Å². The molecular formula is C29H34Cl2FN3O2. The Morgan fingerprint density at radius 2 is 1.95 bits per heavy atom. The molecule has 1 amide bonds. The molecule has 37 heavy (non-hydrogen) atoms. The molecule has 2 aromatic carbocycles. The maximum Gasteiger partial charge on any atom is 0.237 e. The summed E-state index contributed by atoms with van der Waals surface area (Å²) in [7, 11) is 0. The quantitative estimate of drug-likeness (QED) is 0.432. The Balaban J connectivity index is 1.70. The highest BCUT2D eigenvalue weighted by Gasteiger charge is 2.66. The number of ketones is 1. The molecule has 2 aromatic rings. The van der Waals surface area contributed by atoms with E-state index in [0.29, 0.717) is 23.6 Å². The number of Topliss-reactive ketones (excluding diaryl/α,β-unsaturated/α-hetero) is 1. The second kappa shape index (κ2) is 9.64. The van der Waals surface area contributed by atoms with Crippen molar-refractivity contribution in [3.8, 4) is 0 Å². The van der Waals surface area contributed by atoms with Crippen molar-refractivity contribution in [3.05, 3.63) is 63.4 Å². The van der Waals surface area contributed by atoms with E-state index in [1.807, 2.05) is 6.07 Å². The van der Waals surface area contributed by atoms with E-state index in [1.165, 1.54) is 6.07 Å². The lowest BCUT2D eigenvalue weighted by Gasteiger charge is -2.37. The smallest absolute Gasteiger partial charge is 0.237 e. The molecular weight excluding hydrogens is 512 g/mol. The summed E-state index contributed by atoms with van der Waals surface area (Å²) in [6, 6.07) is 9.05. The lowest BCUT2D eigenvalue weighted by molar-refractivity contribution is -0.123. The Morgan fingerprint density at radius 1 is 1.19 bits per heavy atom. The number of hydrogen-bond acceptors (Lipinski definition) is 4. The molecule has 5 nitrogen and oxygen atoms in total. The zero-order valence-electron chi connectivity index (χ0n) is 21.4. The van der Waals surface area contributed by atoms with Gasteiger partial charge in [-0.2, -0.15) is 0 Å². The fraction of sp³-hybridized carbons (Fsp3) is 0.517. The monoisotopic (exact) mass is 545 g/mol. The summed E-state index contributed by atoms with van der Waals surface area (Å²) in [5.74, 6) is -1.47. The number of nitrogens with two attached hydrogens (primary N) is 1. The van der Waals surface area contributed by atoms with E-state index in [9.17, 15) is 9.59 Å². The first-order chi connectivity index (χ1) is 17.4. The molecule has 1 aliphatic carbocycles. The summed E-state index contributed by atoms with van der Waals surface area (Å²) >= 11 is 12.5. The van der Waals surface area contributed by atoms with Gasteiger partial charge in [-0.05, 0) is 66.3 Å². The molecule has 1 spiro atoms. The highest BCUT2D eigenvalue weighted by Crippen LogP contribution is 2.57. The lowest BCUT2D eigenvalue weighted by Crippen LogP contribution is -2.49. The first-order valence-corrected chi connectivity index (χ1v) is 13.8. The van der Waals surface area contributed by atoms with Gasteiger partial charge in [0.25, 0.3) is 0 Å². The third kappa shape index (κ3) is 4.60. The zero-order valence-corrected chi connectivity index (χ0v) is 22.9. The van der Waals surface area contributed by atoms with E-state index in [1.54, 1.807) is 24.3 Å². The van der Waals surface area contributed by atoms with Gasteiger partial charge in [-0.25, -0.2) is 4.39 Å². The third-order valence-corrected chi connectivity index (χ3v) is 8.88. The van der Waals surface area contributed by atoms with Crippen molar-refractivity contribution < 1.29 is 14.0 Å². The second-order valence-electron chi connectivity index (χ2n) is 12.2. The molecule has 2 aliphatic heterocycles. The predicted octanol–water partition coefficient (Wildman–Crippen LogP) is 5.97. The van der Waals surface area contributed by atoms with Crippen molar-refractivity contribution >= 4 is 40.6 Å². The maximum absolute atomic E-state index is 15.8. The Hall–Kier alpha value is -1.99. The SMILES string of the molecule is CC(C)(C)C[C@H]1N[C@@H](C(=O)C[C@H]2CC[C@@H](N)C2)[C@H](c2cccc(Cl)c2F)[C@@]12C(=O)Nc1cc(Cl)ccc12. The van der Waals surface area contributed by atoms with E-state index in [-0.39, 0.29) is 39.7 Å². The van der Waals surface area contributed by atoms with Crippen LogP contribution in [0.15, 0.2) is 36.4 Å². The van der Waals surface area contributed by atoms with Crippen molar-refractivity contribution in [1.82, 2.24) is 5.32 Å². The molecule has 0 radical (unpaired) electrons. The maximum atomic E-state index is 15.8. The lowest BCUT2D eigenvalue weighted by atomic mass is 9.62. The van der Waals surface area contributed by atoms with Crippen LogP contribution in [0.4, 0.5) is 10.1 Å². The van der Waals surface area contributed by atoms with Crippen LogP contribution in [-0.2, 0) is 15.0 Å². The van der Waals surface area contributed by atoms with Gasteiger partial charge in [0.2, 0.25) is 5.91 Å². The van der Waals surface area contributed by atoms with Crippen LogP contribution in [0.1, 0.15) is 69.9 Å². The van der Waals surface area contributed by atoms with Crippen LogP contribution in [0.3, 0.4) is 0 Å². The van der Waals surface area contributed by atoms with Crippen molar-refractivity contribution in [2.75, 3.05) is 5.32 Å². The van der Waals surface area contributed by atoms with Crippen LogP contribution in [0.25, 0.3) is 0 Å². The third-order valence-electron chi connectivity index (χ3n) is 8.36. The first-order valence-electron chi connectivity index (χ1n) is 13.0. The number of nitrogens with one attached hydrogen (secondary N) is 2. The molecule has 1 saturated heterocycles. The summed E-state index contributed by atoms with van der Waals surface area (Å²) in [6.07, 6.45) is 3.54. The largest absolute Gasteiger partial charge is 0.328 e. The number of hydrogen-bond donors (Lipinski definition) is 3. The molecule has 0 bridgehead atoms. The minimum atomic E-state index is -1.22. The van der Waals surface area contributed by atoms with Crippen LogP contribution in [0.2, 0.25) is 10.0 Å². The molecule has 1 saturated carbocycles. The molecule has 0 aromatic heterocycles. The number of fused-ring (bicyclic) bond motifs is 2. The standard InChI is InChI=1S/C29H34Cl2FN3O2/c1-28(2,3)14-23-29(19-10-8-16(30)13-21(19)34-27(29)37)24(18-5-4-6-20(31)25(18)32)26(35-23)22(36)12-15-7-9-17(33)11-15/h4-6,8,10,13,15,17,23-24,26,35H,7,9,11-12,14,33H2,1-3H3,(H,34,37)/t15-,17+,23+,24-,26-,29-/m0/s1. The summed E-state index contributed by atoms with van der Waals surface area (Å²) in [6.45, 7) is 6.30. The molecule has 6 atom stereocenters. The molecule has 4 N–H and O–H groups in total. The number of benzene rings is 2. The first kappa shape index (κ1) is 26.6. The van der Waals surface area contributed by atoms with Gasteiger partial charge in [0, 0.05) is 35.1 Å². The molecule has 2 fully saturated rings. The van der Waals surface area contributed by atoms with E-state index in [4.69, 9.17) is 28.9 Å². The van der Waals surface area contributed by atoms with E-state index < -0.39 is 29.2 Å². The van der Waals surface area contributed by atoms with E-state index in [2.05, 4.69) is 31.4 Å². The van der Waals surface area contributed by atoms with Gasteiger partial charge >= 0.3 is 0 Å². The fourth-order valence-corrected chi connectivity index (χ4v) is 7.27. The van der Waals surface area contributed by atoms with Crippen molar-refractivity contribution in [1.29, 1.82) is 0 Å². The molecule has 5 rings (SSSR count). The summed E-state index contributed by atoms with van der Waals surface area (Å²) in [5.41, 5.74) is 6.33. The van der Waals surface area contributed by atoms with Crippen LogP contribution >= 0.6 is 23.2 Å². The van der Waals surface area contributed by atoms with Crippen LogP contribution in [0.5, 0.6) is 0 Å². The van der Waals surface area contributed by atoms with Gasteiger partial charge in [-0.1, -0.05) is 62.2 Å². The zero-order chi connectivity index (χ0) is 26.7. The molecule has 198 valence electrons. The minimum absolute atomic E-state index is 0.0190. The average molecular weight is 547 g/mol. The summed E-state index contributed by atoms with van der Waals surface area (Å²) in [5, 5.41) is 7.03. The van der Waals surface area contributed by atoms with Crippen molar-refractivity contribution in [3.63, 3.8) is 0 Å². The van der Waals surface area contributed by atoms with Gasteiger partial charge in [0.1, 0.15) is 11.2 Å². The number of rotatable bonds is 5.